The molecule has 0 N–H and O–H groups in total. The molecule has 6 nitrogen and oxygen atoms in total. The number of nitro groups is 1. The number of non-ortho nitro benzene ring substituents is 1. The van der Waals surface area contributed by atoms with Gasteiger partial charge in [0.15, 0.2) is 5.16 Å². The van der Waals surface area contributed by atoms with Gasteiger partial charge in [-0.25, -0.2) is 9.37 Å². The van der Waals surface area contributed by atoms with E-state index in [0.717, 1.165) is 11.3 Å². The molecular weight excluding hydrogens is 393 g/mol. The van der Waals surface area contributed by atoms with E-state index in [-0.39, 0.29) is 16.9 Å². The molecule has 0 saturated heterocycles. The average molecular weight is 413 g/mol. The van der Waals surface area contributed by atoms with Crippen LogP contribution in [0.5, 0.6) is 11.6 Å². The van der Waals surface area contributed by atoms with Crippen LogP contribution in [0.25, 0.3) is 0 Å². The number of benzene rings is 2. The van der Waals surface area contributed by atoms with Gasteiger partial charge in [0.2, 0.25) is 5.88 Å². The van der Waals surface area contributed by atoms with Gasteiger partial charge in [-0.3, -0.25) is 10.1 Å². The molecule has 29 heavy (non-hydrogen) atoms. The van der Waals surface area contributed by atoms with Crippen molar-refractivity contribution in [2.24, 2.45) is 0 Å². The van der Waals surface area contributed by atoms with Crippen molar-refractivity contribution in [1.29, 1.82) is 0 Å². The van der Waals surface area contributed by atoms with Crippen LogP contribution in [0.3, 0.4) is 0 Å². The highest BCUT2D eigenvalue weighted by Gasteiger charge is 2.19. The zero-order valence-corrected chi connectivity index (χ0v) is 17.1. The van der Waals surface area contributed by atoms with E-state index in [9.17, 15) is 14.5 Å². The van der Waals surface area contributed by atoms with Crippen molar-refractivity contribution < 1.29 is 14.1 Å². The third kappa shape index (κ3) is 5.74. The molecule has 1 heterocycles. The summed E-state index contributed by atoms with van der Waals surface area (Å²) < 4.78 is 18.9. The SMILES string of the molecule is CC(C)(C)c1cc(Oc2ccc([N+](=O)[O-])cc2)nc(SCc2ccc(F)cc2)n1. The van der Waals surface area contributed by atoms with E-state index < -0.39 is 4.92 Å². The molecule has 0 radical (unpaired) electrons. The molecular formula is C21H20FN3O3S. The van der Waals surface area contributed by atoms with E-state index in [2.05, 4.69) is 9.97 Å². The zero-order valence-electron chi connectivity index (χ0n) is 16.3. The topological polar surface area (TPSA) is 78.2 Å². The van der Waals surface area contributed by atoms with E-state index in [1.807, 2.05) is 20.8 Å². The summed E-state index contributed by atoms with van der Waals surface area (Å²) >= 11 is 1.43. The van der Waals surface area contributed by atoms with Gasteiger partial charge in [-0.2, -0.15) is 4.98 Å². The lowest BCUT2D eigenvalue weighted by atomic mass is 9.92. The monoisotopic (exact) mass is 413 g/mol. The van der Waals surface area contributed by atoms with Crippen LogP contribution in [0.15, 0.2) is 59.8 Å². The minimum Gasteiger partial charge on any atom is -0.439 e. The number of ether oxygens (including phenoxy) is 1. The summed E-state index contributed by atoms with van der Waals surface area (Å²) in [5.41, 5.74) is 1.54. The third-order valence-electron chi connectivity index (χ3n) is 4.00. The van der Waals surface area contributed by atoms with Crippen LogP contribution in [0.1, 0.15) is 32.0 Å². The van der Waals surface area contributed by atoms with Crippen molar-refractivity contribution in [3.63, 3.8) is 0 Å². The molecule has 150 valence electrons. The molecule has 0 amide bonds. The number of halogens is 1. The number of aromatic nitrogens is 2. The van der Waals surface area contributed by atoms with Gasteiger partial charge in [0.1, 0.15) is 11.6 Å². The Kier molecular flexibility index (Phi) is 6.12. The van der Waals surface area contributed by atoms with Gasteiger partial charge in [0.25, 0.3) is 5.69 Å². The molecule has 0 saturated carbocycles. The Morgan fingerprint density at radius 3 is 2.31 bits per heavy atom. The minimum atomic E-state index is -0.462. The molecule has 3 aromatic rings. The maximum Gasteiger partial charge on any atom is 0.269 e. The van der Waals surface area contributed by atoms with E-state index in [4.69, 9.17) is 4.74 Å². The maximum absolute atomic E-state index is 13.1. The largest absolute Gasteiger partial charge is 0.439 e. The van der Waals surface area contributed by atoms with Crippen molar-refractivity contribution in [2.75, 3.05) is 0 Å². The number of hydrogen-bond acceptors (Lipinski definition) is 6. The number of thioether (sulfide) groups is 1. The molecule has 0 unspecified atom stereocenters. The van der Waals surface area contributed by atoms with Gasteiger partial charge >= 0.3 is 0 Å². The highest BCUT2D eigenvalue weighted by atomic mass is 32.2. The highest BCUT2D eigenvalue weighted by Crippen LogP contribution is 2.30. The molecule has 0 bridgehead atoms. The summed E-state index contributed by atoms with van der Waals surface area (Å²) in [6.45, 7) is 6.12. The van der Waals surface area contributed by atoms with Crippen LogP contribution in [-0.4, -0.2) is 14.9 Å². The minimum absolute atomic E-state index is 0.00837. The lowest BCUT2D eigenvalue weighted by Crippen LogP contribution is -2.14. The first-order chi connectivity index (χ1) is 13.7. The summed E-state index contributed by atoms with van der Waals surface area (Å²) in [5.74, 6) is 1.12. The van der Waals surface area contributed by atoms with Gasteiger partial charge in [0.05, 0.1) is 10.6 Å². The first kappa shape index (κ1) is 20.7. The quantitative estimate of drug-likeness (QED) is 0.216. The number of nitro benzene ring substituents is 1. The molecule has 0 fully saturated rings. The summed E-state index contributed by atoms with van der Waals surface area (Å²) in [6.07, 6.45) is 0. The fourth-order valence-electron chi connectivity index (χ4n) is 2.39. The predicted molar refractivity (Wildman–Crippen MR) is 110 cm³/mol. The lowest BCUT2D eigenvalue weighted by molar-refractivity contribution is -0.384. The smallest absolute Gasteiger partial charge is 0.269 e. The zero-order chi connectivity index (χ0) is 21.0. The summed E-state index contributed by atoms with van der Waals surface area (Å²) in [4.78, 5) is 19.4. The molecule has 0 atom stereocenters. The Morgan fingerprint density at radius 1 is 1.07 bits per heavy atom. The second kappa shape index (κ2) is 8.57. The standard InChI is InChI=1S/C21H20FN3O3S/c1-21(2,3)18-12-19(28-17-10-8-16(9-11-17)25(26)27)24-20(23-18)29-13-14-4-6-15(22)7-5-14/h4-12H,13H2,1-3H3. The van der Waals surface area contributed by atoms with E-state index >= 15 is 0 Å². The van der Waals surface area contributed by atoms with Crippen LogP contribution >= 0.6 is 11.8 Å². The second-order valence-electron chi connectivity index (χ2n) is 7.39. The first-order valence-corrected chi connectivity index (χ1v) is 9.88. The van der Waals surface area contributed by atoms with E-state index in [1.54, 1.807) is 18.2 Å². The first-order valence-electron chi connectivity index (χ1n) is 8.90. The van der Waals surface area contributed by atoms with E-state index in [1.165, 1.54) is 48.2 Å². The predicted octanol–water partition coefficient (Wildman–Crippen LogP) is 5.91. The van der Waals surface area contributed by atoms with Gasteiger partial charge in [-0.15, -0.1) is 0 Å². The third-order valence-corrected chi connectivity index (χ3v) is 4.92. The Bertz CT molecular complexity index is 1000. The van der Waals surface area contributed by atoms with E-state index in [0.29, 0.717) is 22.5 Å². The van der Waals surface area contributed by atoms with Crippen molar-refractivity contribution in [3.8, 4) is 11.6 Å². The molecule has 2 aromatic carbocycles. The Morgan fingerprint density at radius 2 is 1.72 bits per heavy atom. The Hall–Kier alpha value is -3.00. The van der Waals surface area contributed by atoms with Crippen LogP contribution in [-0.2, 0) is 11.2 Å². The summed E-state index contributed by atoms with van der Waals surface area (Å²) in [6, 6.07) is 13.9. The average Bonchev–Trinajstić information content (AvgIpc) is 2.67. The van der Waals surface area contributed by atoms with Crippen LogP contribution in [0, 0.1) is 15.9 Å². The van der Waals surface area contributed by atoms with Crippen LogP contribution in [0.2, 0.25) is 0 Å². The maximum atomic E-state index is 13.1. The fraction of sp³-hybridized carbons (Fsp3) is 0.238. The highest BCUT2D eigenvalue weighted by molar-refractivity contribution is 7.98. The summed E-state index contributed by atoms with van der Waals surface area (Å²) in [5, 5.41) is 11.3. The number of nitrogens with zero attached hydrogens (tertiary/aromatic N) is 3. The normalized spacial score (nSPS) is 11.3. The van der Waals surface area contributed by atoms with Gasteiger partial charge in [-0.1, -0.05) is 44.7 Å². The Balaban J connectivity index is 1.83. The molecule has 8 heteroatoms. The number of hydrogen-bond donors (Lipinski definition) is 0. The molecule has 0 aliphatic rings. The second-order valence-corrected chi connectivity index (χ2v) is 8.33. The molecule has 0 aliphatic heterocycles. The van der Waals surface area contributed by atoms with Crippen molar-refractivity contribution in [3.05, 3.63) is 81.8 Å². The molecule has 3 rings (SSSR count). The molecule has 0 spiro atoms. The van der Waals surface area contributed by atoms with Gasteiger partial charge in [0, 0.05) is 29.4 Å². The van der Waals surface area contributed by atoms with Crippen molar-refractivity contribution >= 4 is 17.4 Å². The van der Waals surface area contributed by atoms with Gasteiger partial charge < -0.3 is 4.74 Å². The van der Waals surface area contributed by atoms with Crippen molar-refractivity contribution in [1.82, 2.24) is 9.97 Å². The molecule has 1 aromatic heterocycles. The lowest BCUT2D eigenvalue weighted by Gasteiger charge is -2.19. The molecule has 0 aliphatic carbocycles. The summed E-state index contributed by atoms with van der Waals surface area (Å²) in [7, 11) is 0. The number of rotatable bonds is 6. The van der Waals surface area contributed by atoms with Gasteiger partial charge in [-0.05, 0) is 29.8 Å². The van der Waals surface area contributed by atoms with Crippen molar-refractivity contribution in [2.45, 2.75) is 37.1 Å². The van der Waals surface area contributed by atoms with Crippen LogP contribution in [0.4, 0.5) is 10.1 Å². The fourth-order valence-corrected chi connectivity index (χ4v) is 3.20. The Labute approximate surface area is 172 Å². The van der Waals surface area contributed by atoms with Crippen LogP contribution < -0.4 is 4.74 Å².